The van der Waals surface area contributed by atoms with Gasteiger partial charge in [0, 0.05) is 37.5 Å². The highest BCUT2D eigenvalue weighted by Gasteiger charge is 2.37. The molecule has 1 unspecified atom stereocenters. The Balaban J connectivity index is 1.38. The number of carbonyl (C=O) groups excluding carboxylic acids is 3. The maximum Gasteiger partial charge on any atom is 0.243 e. The number of aryl methyl sites for hydroxylation is 2. The summed E-state index contributed by atoms with van der Waals surface area (Å²) in [6.45, 7) is 4.18. The van der Waals surface area contributed by atoms with Crippen LogP contribution in [0.25, 0.3) is 0 Å². The lowest BCUT2D eigenvalue weighted by molar-refractivity contribution is -0.137. The Hall–Kier alpha value is -3.55. The van der Waals surface area contributed by atoms with Crippen LogP contribution in [0.2, 0.25) is 0 Å². The van der Waals surface area contributed by atoms with Gasteiger partial charge in [0.1, 0.15) is 0 Å². The molecule has 1 fully saturated rings. The molecule has 0 radical (unpaired) electrons. The van der Waals surface area contributed by atoms with Gasteiger partial charge in [-0.15, -0.1) is 0 Å². The largest absolute Gasteiger partial charge is 0.454 e. The number of likely N-dealkylation sites (N-methyl/N-ethyl adjacent to an activating group) is 1. The van der Waals surface area contributed by atoms with E-state index < -0.39 is 5.92 Å². The van der Waals surface area contributed by atoms with Gasteiger partial charge in [0.05, 0.1) is 12.5 Å². The average Bonchev–Trinajstić information content (AvgIpc) is 3.36. The Morgan fingerprint density at radius 2 is 1.84 bits per heavy atom. The van der Waals surface area contributed by atoms with Crippen molar-refractivity contribution in [2.24, 2.45) is 5.92 Å². The maximum atomic E-state index is 12.9. The van der Waals surface area contributed by atoms with Gasteiger partial charge in [-0.2, -0.15) is 0 Å². The maximum absolute atomic E-state index is 12.9. The van der Waals surface area contributed by atoms with Crippen LogP contribution in [0.15, 0.2) is 36.4 Å². The fraction of sp³-hybridized carbons (Fsp3) is 0.348. The zero-order valence-corrected chi connectivity index (χ0v) is 17.8. The number of ether oxygens (including phenoxy) is 2. The first kappa shape index (κ1) is 20.7. The molecular formula is C23H25N3O5. The van der Waals surface area contributed by atoms with E-state index in [9.17, 15) is 14.4 Å². The molecule has 2 aromatic rings. The molecule has 4 rings (SSSR count). The second-order valence-corrected chi connectivity index (χ2v) is 7.95. The second-order valence-electron chi connectivity index (χ2n) is 7.95. The van der Waals surface area contributed by atoms with Gasteiger partial charge >= 0.3 is 0 Å². The van der Waals surface area contributed by atoms with E-state index in [0.717, 1.165) is 16.8 Å². The molecule has 8 nitrogen and oxygen atoms in total. The first-order valence-electron chi connectivity index (χ1n) is 10.1. The molecule has 8 heteroatoms. The highest BCUT2D eigenvalue weighted by molar-refractivity contribution is 6.01. The lowest BCUT2D eigenvalue weighted by Crippen LogP contribution is -2.39. The topological polar surface area (TPSA) is 88.2 Å². The first-order chi connectivity index (χ1) is 14.8. The molecule has 1 atom stereocenters. The molecule has 1 saturated heterocycles. The molecule has 3 amide bonds. The van der Waals surface area contributed by atoms with Gasteiger partial charge in [0.2, 0.25) is 24.5 Å². The van der Waals surface area contributed by atoms with E-state index >= 15 is 0 Å². The van der Waals surface area contributed by atoms with Crippen molar-refractivity contribution in [2.45, 2.75) is 20.3 Å². The summed E-state index contributed by atoms with van der Waals surface area (Å²) in [5.74, 6) is 0.0815. The van der Waals surface area contributed by atoms with Crippen LogP contribution in [-0.2, 0) is 14.4 Å². The van der Waals surface area contributed by atoms with Gasteiger partial charge in [-0.1, -0.05) is 18.2 Å². The van der Waals surface area contributed by atoms with Gasteiger partial charge in [-0.25, -0.2) is 0 Å². The summed E-state index contributed by atoms with van der Waals surface area (Å²) in [6, 6.07) is 11.1. The average molecular weight is 423 g/mol. The minimum absolute atomic E-state index is 0.0820. The van der Waals surface area contributed by atoms with Gasteiger partial charge in [-0.05, 0) is 37.1 Å². The Bertz CT molecular complexity index is 1030. The molecule has 0 aliphatic carbocycles. The van der Waals surface area contributed by atoms with Gasteiger partial charge in [-0.3, -0.25) is 14.4 Å². The van der Waals surface area contributed by atoms with Crippen molar-refractivity contribution in [3.63, 3.8) is 0 Å². The number of nitrogens with zero attached hydrogens (tertiary/aromatic N) is 2. The summed E-state index contributed by atoms with van der Waals surface area (Å²) < 4.78 is 10.7. The predicted octanol–water partition coefficient (Wildman–Crippen LogP) is 2.48. The van der Waals surface area contributed by atoms with Crippen LogP contribution >= 0.6 is 0 Å². The van der Waals surface area contributed by atoms with Gasteiger partial charge < -0.3 is 24.6 Å². The standard InChI is InChI=1S/C23H25N3O5/c1-14-5-4-6-15(2)22(14)24-20(27)12-25(3)23(29)16-9-21(28)26(11-16)17-7-8-18-19(10-17)31-13-30-18/h4-8,10,16H,9,11-13H2,1-3H3,(H,24,27). The minimum Gasteiger partial charge on any atom is -0.454 e. The highest BCUT2D eigenvalue weighted by Crippen LogP contribution is 2.37. The Morgan fingerprint density at radius 1 is 1.13 bits per heavy atom. The predicted molar refractivity (Wildman–Crippen MR) is 115 cm³/mol. The van der Waals surface area contributed by atoms with Gasteiger partial charge in [0.25, 0.3) is 0 Å². The molecule has 2 aromatic carbocycles. The number of carbonyl (C=O) groups is 3. The molecule has 2 aliphatic heterocycles. The summed E-state index contributed by atoms with van der Waals surface area (Å²) in [6.07, 6.45) is 0.107. The molecule has 2 aliphatic rings. The van der Waals surface area contributed by atoms with Crippen LogP contribution in [0.3, 0.4) is 0 Å². The lowest BCUT2D eigenvalue weighted by Gasteiger charge is -2.22. The molecule has 31 heavy (non-hydrogen) atoms. The van der Waals surface area contributed by atoms with Crippen LogP contribution < -0.4 is 19.7 Å². The second kappa shape index (κ2) is 8.29. The minimum atomic E-state index is -0.504. The van der Waals surface area contributed by atoms with E-state index in [0.29, 0.717) is 17.2 Å². The van der Waals surface area contributed by atoms with E-state index in [1.165, 1.54) is 4.90 Å². The molecular weight excluding hydrogens is 398 g/mol. The Kier molecular flexibility index (Phi) is 5.54. The number of hydrogen-bond acceptors (Lipinski definition) is 5. The van der Waals surface area contributed by atoms with E-state index in [1.807, 2.05) is 32.0 Å². The van der Waals surface area contributed by atoms with Gasteiger partial charge in [0.15, 0.2) is 11.5 Å². The number of nitrogens with one attached hydrogen (secondary N) is 1. The summed E-state index contributed by atoms with van der Waals surface area (Å²) in [4.78, 5) is 40.9. The molecule has 0 spiro atoms. The zero-order valence-electron chi connectivity index (χ0n) is 17.8. The van der Waals surface area contributed by atoms with Crippen LogP contribution in [-0.4, -0.2) is 49.6 Å². The quantitative estimate of drug-likeness (QED) is 0.798. The summed E-state index contributed by atoms with van der Waals surface area (Å²) in [5.41, 5.74) is 3.35. The fourth-order valence-electron chi connectivity index (χ4n) is 3.97. The third-order valence-electron chi connectivity index (χ3n) is 5.64. The smallest absolute Gasteiger partial charge is 0.243 e. The first-order valence-corrected chi connectivity index (χ1v) is 10.1. The monoisotopic (exact) mass is 423 g/mol. The van der Waals surface area contributed by atoms with Crippen LogP contribution in [0.4, 0.5) is 11.4 Å². The number of para-hydroxylation sites is 1. The molecule has 1 N–H and O–H groups in total. The number of anilines is 2. The van der Waals surface area contributed by atoms with E-state index in [-0.39, 0.29) is 44.0 Å². The zero-order chi connectivity index (χ0) is 22.1. The number of rotatable bonds is 5. The van der Waals surface area contributed by atoms with Crippen molar-refractivity contribution in [2.75, 3.05) is 37.1 Å². The van der Waals surface area contributed by atoms with E-state index in [2.05, 4.69) is 5.32 Å². The molecule has 162 valence electrons. The summed E-state index contributed by atoms with van der Waals surface area (Å²) in [5, 5.41) is 2.89. The van der Waals surface area contributed by atoms with Crippen molar-refractivity contribution < 1.29 is 23.9 Å². The summed E-state index contributed by atoms with van der Waals surface area (Å²) >= 11 is 0. The van der Waals surface area contributed by atoms with Crippen LogP contribution in [0.5, 0.6) is 11.5 Å². The number of fused-ring (bicyclic) bond motifs is 1. The van der Waals surface area contributed by atoms with Crippen molar-refractivity contribution in [1.29, 1.82) is 0 Å². The van der Waals surface area contributed by atoms with E-state index in [1.54, 1.807) is 30.1 Å². The molecule has 0 saturated carbocycles. The van der Waals surface area contributed by atoms with E-state index in [4.69, 9.17) is 9.47 Å². The number of amides is 3. The SMILES string of the molecule is Cc1cccc(C)c1NC(=O)CN(C)C(=O)C1CC(=O)N(c2ccc3c(c2)OCO3)C1. The Labute approximate surface area is 180 Å². The number of benzene rings is 2. The highest BCUT2D eigenvalue weighted by atomic mass is 16.7. The molecule has 2 heterocycles. The van der Waals surface area contributed by atoms with Crippen molar-refractivity contribution in [1.82, 2.24) is 4.90 Å². The normalized spacial score (nSPS) is 17.1. The molecule has 0 aromatic heterocycles. The van der Waals surface area contributed by atoms with Crippen LogP contribution in [0, 0.1) is 19.8 Å². The molecule has 0 bridgehead atoms. The third-order valence-corrected chi connectivity index (χ3v) is 5.64. The van der Waals surface area contributed by atoms with Crippen molar-refractivity contribution in [3.8, 4) is 11.5 Å². The van der Waals surface area contributed by atoms with Crippen molar-refractivity contribution in [3.05, 3.63) is 47.5 Å². The third kappa shape index (κ3) is 4.19. The van der Waals surface area contributed by atoms with Crippen molar-refractivity contribution >= 4 is 29.1 Å². The van der Waals surface area contributed by atoms with Crippen LogP contribution in [0.1, 0.15) is 17.5 Å². The Morgan fingerprint density at radius 3 is 2.58 bits per heavy atom. The summed E-state index contributed by atoms with van der Waals surface area (Å²) in [7, 11) is 1.58. The number of hydrogen-bond donors (Lipinski definition) is 1. The lowest BCUT2D eigenvalue weighted by atomic mass is 10.1. The fourth-order valence-corrected chi connectivity index (χ4v) is 3.97.